The molecule has 0 atom stereocenters. The molecule has 1 aliphatic heterocycles. The van der Waals surface area contributed by atoms with Gasteiger partial charge in [-0.25, -0.2) is 13.1 Å². The van der Waals surface area contributed by atoms with Crippen LogP contribution in [0.5, 0.6) is 0 Å². The summed E-state index contributed by atoms with van der Waals surface area (Å²) in [7, 11) is -3.54. The van der Waals surface area contributed by atoms with Crippen LogP contribution >= 0.6 is 0 Å². The lowest BCUT2D eigenvalue weighted by Crippen LogP contribution is -2.50. The fourth-order valence-electron chi connectivity index (χ4n) is 3.25. The van der Waals surface area contributed by atoms with E-state index in [1.54, 1.807) is 17.0 Å². The highest BCUT2D eigenvalue weighted by Gasteiger charge is 2.30. The molecule has 2 aromatic rings. The molecule has 0 saturated carbocycles. The highest BCUT2D eigenvalue weighted by atomic mass is 32.2. The first kappa shape index (κ1) is 20.4. The molecule has 1 aromatic heterocycles. The minimum Gasteiger partial charge on any atom is -0.340 e. The van der Waals surface area contributed by atoms with Gasteiger partial charge in [-0.15, -0.1) is 5.10 Å². The van der Waals surface area contributed by atoms with Crippen LogP contribution in [0.4, 0.5) is 0 Å². The lowest BCUT2D eigenvalue weighted by Gasteiger charge is -2.34. The second-order valence-electron chi connectivity index (χ2n) is 7.35. The number of tetrazole rings is 1. The molecule has 0 aliphatic carbocycles. The Bertz CT molecular complexity index is 873. The quantitative estimate of drug-likeness (QED) is 0.674. The number of aromatic nitrogens is 4. The number of hydrogen-bond donors (Lipinski definition) is 0. The Balaban J connectivity index is 1.55. The molecular formula is C18H26N6O3S. The minimum absolute atomic E-state index is 0.0226. The first-order chi connectivity index (χ1) is 13.4. The SMILES string of the molecule is CC(C)Cc1ccc(S(=O)(=O)N2CCN(C(=O)CCn3cnnn3)CC2)cc1. The van der Waals surface area contributed by atoms with Crippen LogP contribution in [-0.4, -0.2) is 69.9 Å². The smallest absolute Gasteiger partial charge is 0.243 e. The van der Waals surface area contributed by atoms with E-state index in [0.29, 0.717) is 43.5 Å². The lowest BCUT2D eigenvalue weighted by atomic mass is 10.0. The fourth-order valence-corrected chi connectivity index (χ4v) is 4.67. The van der Waals surface area contributed by atoms with Gasteiger partial charge in [0.15, 0.2) is 0 Å². The van der Waals surface area contributed by atoms with Crippen molar-refractivity contribution in [1.29, 1.82) is 0 Å². The van der Waals surface area contributed by atoms with Gasteiger partial charge in [-0.2, -0.15) is 4.31 Å². The molecule has 0 bridgehead atoms. The summed E-state index contributed by atoms with van der Waals surface area (Å²) >= 11 is 0. The average molecular weight is 407 g/mol. The van der Waals surface area contributed by atoms with E-state index in [1.165, 1.54) is 15.3 Å². The lowest BCUT2D eigenvalue weighted by molar-refractivity contribution is -0.132. The van der Waals surface area contributed by atoms with Gasteiger partial charge in [0.25, 0.3) is 0 Å². The summed E-state index contributed by atoms with van der Waals surface area (Å²) in [5.74, 6) is 0.500. The molecule has 1 fully saturated rings. The Morgan fingerprint density at radius 1 is 1.11 bits per heavy atom. The molecule has 2 heterocycles. The molecule has 0 spiro atoms. The molecular weight excluding hydrogens is 380 g/mol. The van der Waals surface area contributed by atoms with Crippen molar-refractivity contribution in [2.45, 2.75) is 38.1 Å². The number of aryl methyl sites for hydroxylation is 1. The number of rotatable bonds is 7. The first-order valence-corrected chi connectivity index (χ1v) is 10.9. The topological polar surface area (TPSA) is 101 Å². The predicted octanol–water partition coefficient (Wildman–Crippen LogP) is 0.795. The normalized spacial score (nSPS) is 15.9. The van der Waals surface area contributed by atoms with Crippen molar-refractivity contribution in [3.8, 4) is 0 Å². The van der Waals surface area contributed by atoms with Crippen molar-refractivity contribution < 1.29 is 13.2 Å². The standard InChI is InChI=1S/C18H26N6O3S/c1-15(2)13-16-3-5-17(6-4-16)28(26,27)24-11-9-22(10-12-24)18(25)7-8-23-14-19-20-21-23/h3-6,14-15H,7-13H2,1-2H3. The third-order valence-corrected chi connectivity index (χ3v) is 6.66. The highest BCUT2D eigenvalue weighted by molar-refractivity contribution is 7.89. The van der Waals surface area contributed by atoms with Gasteiger partial charge >= 0.3 is 0 Å². The summed E-state index contributed by atoms with van der Waals surface area (Å²) in [5.41, 5.74) is 1.13. The van der Waals surface area contributed by atoms with Gasteiger partial charge in [-0.1, -0.05) is 26.0 Å². The van der Waals surface area contributed by atoms with Crippen molar-refractivity contribution in [2.75, 3.05) is 26.2 Å². The van der Waals surface area contributed by atoms with Crippen LogP contribution in [0.25, 0.3) is 0 Å². The molecule has 3 rings (SSSR count). The van der Waals surface area contributed by atoms with E-state index in [0.717, 1.165) is 12.0 Å². The number of amides is 1. The van der Waals surface area contributed by atoms with Crippen molar-refractivity contribution in [3.63, 3.8) is 0 Å². The van der Waals surface area contributed by atoms with E-state index >= 15 is 0 Å². The highest BCUT2D eigenvalue weighted by Crippen LogP contribution is 2.19. The molecule has 9 nitrogen and oxygen atoms in total. The van der Waals surface area contributed by atoms with E-state index in [1.807, 2.05) is 12.1 Å². The van der Waals surface area contributed by atoms with Crippen LogP contribution < -0.4 is 0 Å². The Morgan fingerprint density at radius 2 is 1.79 bits per heavy atom. The maximum absolute atomic E-state index is 12.9. The third kappa shape index (κ3) is 4.93. The van der Waals surface area contributed by atoms with E-state index in [4.69, 9.17) is 0 Å². The Morgan fingerprint density at radius 3 is 2.36 bits per heavy atom. The number of hydrogen-bond acceptors (Lipinski definition) is 6. The summed E-state index contributed by atoms with van der Waals surface area (Å²) in [4.78, 5) is 14.3. The molecule has 0 N–H and O–H groups in total. The predicted molar refractivity (Wildman–Crippen MR) is 103 cm³/mol. The summed E-state index contributed by atoms with van der Waals surface area (Å²) in [5, 5.41) is 10.8. The van der Waals surface area contributed by atoms with Gasteiger partial charge in [0.05, 0.1) is 11.4 Å². The molecule has 0 unspecified atom stereocenters. The number of carbonyl (C=O) groups excluding carboxylic acids is 1. The second kappa shape index (κ2) is 8.78. The van der Waals surface area contributed by atoms with Crippen molar-refractivity contribution in [1.82, 2.24) is 29.4 Å². The molecule has 0 radical (unpaired) electrons. The van der Waals surface area contributed by atoms with Crippen molar-refractivity contribution >= 4 is 15.9 Å². The van der Waals surface area contributed by atoms with Gasteiger partial charge in [-0.3, -0.25) is 4.79 Å². The average Bonchev–Trinajstić information content (AvgIpc) is 3.20. The van der Waals surface area contributed by atoms with E-state index in [-0.39, 0.29) is 12.3 Å². The fraction of sp³-hybridized carbons (Fsp3) is 0.556. The third-order valence-electron chi connectivity index (χ3n) is 4.74. The number of nitrogens with zero attached hydrogens (tertiary/aromatic N) is 6. The van der Waals surface area contributed by atoms with Crippen LogP contribution in [0.2, 0.25) is 0 Å². The van der Waals surface area contributed by atoms with Gasteiger partial charge in [0.1, 0.15) is 6.33 Å². The van der Waals surface area contributed by atoms with Crippen LogP contribution in [0, 0.1) is 5.92 Å². The first-order valence-electron chi connectivity index (χ1n) is 9.44. The number of benzene rings is 1. The molecule has 1 aromatic carbocycles. The molecule has 28 heavy (non-hydrogen) atoms. The number of sulfonamides is 1. The van der Waals surface area contributed by atoms with E-state index in [9.17, 15) is 13.2 Å². The van der Waals surface area contributed by atoms with Crippen LogP contribution in [-0.2, 0) is 27.8 Å². The van der Waals surface area contributed by atoms with Crippen molar-refractivity contribution in [2.24, 2.45) is 5.92 Å². The largest absolute Gasteiger partial charge is 0.340 e. The van der Waals surface area contributed by atoms with Crippen molar-refractivity contribution in [3.05, 3.63) is 36.2 Å². The maximum Gasteiger partial charge on any atom is 0.243 e. The number of piperazine rings is 1. The zero-order chi connectivity index (χ0) is 20.1. The molecule has 10 heteroatoms. The van der Waals surface area contributed by atoms with Gasteiger partial charge in [0.2, 0.25) is 15.9 Å². The second-order valence-corrected chi connectivity index (χ2v) is 9.29. The zero-order valence-electron chi connectivity index (χ0n) is 16.2. The molecule has 1 amide bonds. The van der Waals surface area contributed by atoms with Crippen LogP contribution in [0.15, 0.2) is 35.5 Å². The van der Waals surface area contributed by atoms with Crippen LogP contribution in [0.3, 0.4) is 0 Å². The molecule has 1 aliphatic rings. The Hall–Kier alpha value is -2.33. The summed E-state index contributed by atoms with van der Waals surface area (Å²) < 4.78 is 28.7. The zero-order valence-corrected chi connectivity index (χ0v) is 17.0. The van der Waals surface area contributed by atoms with Gasteiger partial charge in [-0.05, 0) is 40.5 Å². The maximum atomic E-state index is 12.9. The Labute approximate surface area is 165 Å². The van der Waals surface area contributed by atoms with E-state index < -0.39 is 10.0 Å². The Kier molecular flexibility index (Phi) is 6.40. The molecule has 152 valence electrons. The molecule has 1 saturated heterocycles. The monoisotopic (exact) mass is 406 g/mol. The minimum atomic E-state index is -3.54. The van der Waals surface area contributed by atoms with Gasteiger partial charge in [0, 0.05) is 32.6 Å². The van der Waals surface area contributed by atoms with Gasteiger partial charge < -0.3 is 4.90 Å². The summed E-state index contributed by atoms with van der Waals surface area (Å²) in [6.07, 6.45) is 2.67. The van der Waals surface area contributed by atoms with Crippen LogP contribution in [0.1, 0.15) is 25.8 Å². The summed E-state index contributed by atoms with van der Waals surface area (Å²) in [6, 6.07) is 7.12. The summed E-state index contributed by atoms with van der Waals surface area (Å²) in [6.45, 7) is 6.05. The van der Waals surface area contributed by atoms with E-state index in [2.05, 4.69) is 29.4 Å². The number of carbonyl (C=O) groups is 1.